The van der Waals surface area contributed by atoms with E-state index in [1.54, 1.807) is 45.6 Å². The van der Waals surface area contributed by atoms with Crippen molar-refractivity contribution in [2.75, 3.05) is 27.9 Å². The van der Waals surface area contributed by atoms with Crippen molar-refractivity contribution in [2.24, 2.45) is 4.99 Å². The summed E-state index contributed by atoms with van der Waals surface area (Å²) in [6, 6.07) is 10.7. The van der Waals surface area contributed by atoms with Gasteiger partial charge in [0.25, 0.3) is 0 Å². The average Bonchev–Trinajstić information content (AvgIpc) is 2.71. The molecule has 148 valence electrons. The Morgan fingerprint density at radius 2 is 1.61 bits per heavy atom. The summed E-state index contributed by atoms with van der Waals surface area (Å²) in [6.07, 6.45) is 0.793. The van der Waals surface area contributed by atoms with Crippen LogP contribution >= 0.6 is 0 Å². The minimum Gasteiger partial charge on any atom is -0.497 e. The van der Waals surface area contributed by atoms with Crippen LogP contribution in [0.3, 0.4) is 0 Å². The highest BCUT2D eigenvalue weighted by molar-refractivity contribution is 6.09. The Bertz CT molecular complexity index is 900. The first-order valence-corrected chi connectivity index (χ1v) is 9.07. The third-order valence-electron chi connectivity index (χ3n) is 4.76. The molecule has 1 aliphatic heterocycles. The number of rotatable bonds is 6. The van der Waals surface area contributed by atoms with Gasteiger partial charge in [-0.25, -0.2) is 4.79 Å². The number of nitrogens with zero attached hydrogens (tertiary/aromatic N) is 1. The van der Waals surface area contributed by atoms with E-state index in [-0.39, 0.29) is 0 Å². The van der Waals surface area contributed by atoms with Crippen LogP contribution in [0.2, 0.25) is 0 Å². The molecule has 2 aromatic rings. The monoisotopic (exact) mass is 383 g/mol. The summed E-state index contributed by atoms with van der Waals surface area (Å²) in [4.78, 5) is 17.3. The summed E-state index contributed by atoms with van der Waals surface area (Å²) in [5, 5.41) is 0. The standard InChI is InChI=1S/C22H25NO5/c1-22(2,28-21(24)14-6-8-16(25-3)9-7-14)20-17-13-19(27-5)18(26-4)12-15(17)10-11-23-20/h6-9,12-13H,10-11H2,1-5H3. The molecule has 0 amide bonds. The molecule has 1 heterocycles. The SMILES string of the molecule is COc1ccc(C(=O)OC(C)(C)C2=NCCc3cc(OC)c(OC)cc32)cc1. The van der Waals surface area contributed by atoms with E-state index in [4.69, 9.17) is 18.9 Å². The van der Waals surface area contributed by atoms with Gasteiger partial charge in [-0.05, 0) is 62.2 Å². The van der Waals surface area contributed by atoms with Crippen LogP contribution in [-0.2, 0) is 11.2 Å². The summed E-state index contributed by atoms with van der Waals surface area (Å²) in [5.74, 6) is 1.56. The number of hydrogen-bond donors (Lipinski definition) is 0. The van der Waals surface area contributed by atoms with Gasteiger partial charge in [-0.2, -0.15) is 0 Å². The van der Waals surface area contributed by atoms with Crippen LogP contribution in [0.5, 0.6) is 17.2 Å². The number of carbonyl (C=O) groups excluding carboxylic acids is 1. The average molecular weight is 383 g/mol. The quantitative estimate of drug-likeness (QED) is 0.712. The van der Waals surface area contributed by atoms with Crippen LogP contribution in [0.15, 0.2) is 41.4 Å². The molecule has 0 aromatic heterocycles. The Morgan fingerprint density at radius 3 is 2.21 bits per heavy atom. The zero-order valence-electron chi connectivity index (χ0n) is 16.9. The van der Waals surface area contributed by atoms with E-state index < -0.39 is 11.6 Å². The first-order valence-electron chi connectivity index (χ1n) is 9.07. The topological polar surface area (TPSA) is 66.4 Å². The second kappa shape index (κ2) is 7.92. The van der Waals surface area contributed by atoms with E-state index in [2.05, 4.69) is 4.99 Å². The van der Waals surface area contributed by atoms with Gasteiger partial charge in [-0.1, -0.05) is 0 Å². The lowest BCUT2D eigenvalue weighted by Crippen LogP contribution is -2.40. The van der Waals surface area contributed by atoms with Gasteiger partial charge < -0.3 is 18.9 Å². The fraction of sp³-hybridized carbons (Fsp3) is 0.364. The Balaban J connectivity index is 1.89. The Hall–Kier alpha value is -3.02. The lowest BCUT2D eigenvalue weighted by Gasteiger charge is -2.31. The minimum absolute atomic E-state index is 0.414. The van der Waals surface area contributed by atoms with Gasteiger partial charge in [0, 0.05) is 12.1 Å². The molecule has 1 aliphatic rings. The van der Waals surface area contributed by atoms with Gasteiger partial charge in [0.2, 0.25) is 0 Å². The second-order valence-electron chi connectivity index (χ2n) is 6.97. The van der Waals surface area contributed by atoms with Crippen LogP contribution in [0.25, 0.3) is 0 Å². The van der Waals surface area contributed by atoms with Crippen molar-refractivity contribution >= 4 is 11.7 Å². The lowest BCUT2D eigenvalue weighted by atomic mass is 9.88. The fourth-order valence-electron chi connectivity index (χ4n) is 3.30. The van der Waals surface area contributed by atoms with Crippen molar-refractivity contribution in [1.82, 2.24) is 0 Å². The normalized spacial score (nSPS) is 13.2. The summed E-state index contributed by atoms with van der Waals surface area (Å²) >= 11 is 0. The van der Waals surface area contributed by atoms with Crippen molar-refractivity contribution < 1.29 is 23.7 Å². The van der Waals surface area contributed by atoms with Gasteiger partial charge in [0.05, 0.1) is 32.6 Å². The van der Waals surface area contributed by atoms with Crippen molar-refractivity contribution in [3.63, 3.8) is 0 Å². The van der Waals surface area contributed by atoms with E-state index in [0.29, 0.717) is 29.4 Å². The van der Waals surface area contributed by atoms with Crippen LogP contribution in [0.4, 0.5) is 0 Å². The van der Waals surface area contributed by atoms with Crippen molar-refractivity contribution in [1.29, 1.82) is 0 Å². The van der Waals surface area contributed by atoms with Crippen LogP contribution < -0.4 is 14.2 Å². The molecule has 0 saturated carbocycles. The Kier molecular flexibility index (Phi) is 5.58. The number of benzene rings is 2. The number of hydrogen-bond acceptors (Lipinski definition) is 6. The van der Waals surface area contributed by atoms with Gasteiger partial charge in [0.15, 0.2) is 11.5 Å². The Morgan fingerprint density at radius 1 is 0.964 bits per heavy atom. The van der Waals surface area contributed by atoms with E-state index >= 15 is 0 Å². The van der Waals surface area contributed by atoms with Crippen LogP contribution in [0, 0.1) is 0 Å². The smallest absolute Gasteiger partial charge is 0.339 e. The molecular weight excluding hydrogens is 358 g/mol. The number of ether oxygens (including phenoxy) is 4. The molecule has 0 bridgehead atoms. The van der Waals surface area contributed by atoms with E-state index in [9.17, 15) is 4.79 Å². The number of carbonyl (C=O) groups is 1. The van der Waals surface area contributed by atoms with E-state index in [0.717, 1.165) is 23.3 Å². The molecule has 0 unspecified atom stereocenters. The molecule has 0 fully saturated rings. The van der Waals surface area contributed by atoms with Crippen LogP contribution in [-0.4, -0.2) is 45.2 Å². The van der Waals surface area contributed by atoms with Gasteiger partial charge >= 0.3 is 5.97 Å². The minimum atomic E-state index is -0.911. The highest BCUT2D eigenvalue weighted by Crippen LogP contribution is 2.35. The van der Waals surface area contributed by atoms with Crippen molar-refractivity contribution in [3.05, 3.63) is 53.1 Å². The molecule has 28 heavy (non-hydrogen) atoms. The number of fused-ring (bicyclic) bond motifs is 1. The number of aliphatic imine (C=N–C) groups is 1. The van der Waals surface area contributed by atoms with Crippen LogP contribution in [0.1, 0.15) is 35.3 Å². The summed E-state index contributed by atoms with van der Waals surface area (Å²) in [7, 11) is 4.79. The molecule has 0 spiro atoms. The molecule has 2 aromatic carbocycles. The molecule has 6 nitrogen and oxygen atoms in total. The third-order valence-corrected chi connectivity index (χ3v) is 4.76. The molecule has 0 N–H and O–H groups in total. The number of esters is 1. The predicted molar refractivity (Wildman–Crippen MR) is 107 cm³/mol. The highest BCUT2D eigenvalue weighted by atomic mass is 16.6. The lowest BCUT2D eigenvalue weighted by molar-refractivity contribution is 0.0234. The highest BCUT2D eigenvalue weighted by Gasteiger charge is 2.34. The summed E-state index contributed by atoms with van der Waals surface area (Å²) in [6.45, 7) is 4.32. The summed E-state index contributed by atoms with van der Waals surface area (Å²) in [5.41, 5.74) is 2.27. The zero-order chi connectivity index (χ0) is 20.3. The first kappa shape index (κ1) is 19.7. The Labute approximate surface area is 165 Å². The molecular formula is C22H25NO5. The molecule has 0 atom stereocenters. The summed E-state index contributed by atoms with van der Waals surface area (Å²) < 4.78 is 21.8. The zero-order valence-corrected chi connectivity index (χ0v) is 16.9. The van der Waals surface area contributed by atoms with Gasteiger partial charge in [-0.15, -0.1) is 0 Å². The van der Waals surface area contributed by atoms with Gasteiger partial charge in [0.1, 0.15) is 11.4 Å². The predicted octanol–water partition coefficient (Wildman–Crippen LogP) is 3.69. The maximum atomic E-state index is 12.7. The molecule has 6 heteroatoms. The second-order valence-corrected chi connectivity index (χ2v) is 6.97. The molecule has 3 rings (SSSR count). The molecule has 0 saturated heterocycles. The van der Waals surface area contributed by atoms with E-state index in [1.165, 1.54) is 0 Å². The van der Waals surface area contributed by atoms with Crippen molar-refractivity contribution in [3.8, 4) is 17.2 Å². The molecule has 0 radical (unpaired) electrons. The molecule has 0 aliphatic carbocycles. The number of methoxy groups -OCH3 is 3. The maximum Gasteiger partial charge on any atom is 0.339 e. The third kappa shape index (κ3) is 3.81. The van der Waals surface area contributed by atoms with Crippen molar-refractivity contribution in [2.45, 2.75) is 25.9 Å². The van der Waals surface area contributed by atoms with E-state index in [1.807, 2.05) is 26.0 Å². The first-order chi connectivity index (χ1) is 13.4. The fourth-order valence-corrected chi connectivity index (χ4v) is 3.30. The van der Waals surface area contributed by atoms with Gasteiger partial charge in [-0.3, -0.25) is 4.99 Å². The maximum absolute atomic E-state index is 12.7. The largest absolute Gasteiger partial charge is 0.497 e.